The second-order valence-electron chi connectivity index (χ2n) is 5.41. The first kappa shape index (κ1) is 16.3. The number of carbonyl (C=O) groups is 1. The Morgan fingerprint density at radius 1 is 1.38 bits per heavy atom. The van der Waals surface area contributed by atoms with Gasteiger partial charge in [0.2, 0.25) is 0 Å². The normalized spacial score (nSPS) is 18.4. The number of aliphatic hydroxyl groups excluding tert-OH is 1. The number of halogens is 1. The van der Waals surface area contributed by atoms with Crippen molar-refractivity contribution in [2.45, 2.75) is 25.9 Å². The molecule has 0 aliphatic carbocycles. The highest BCUT2D eigenvalue weighted by Gasteiger charge is 2.27. The van der Waals surface area contributed by atoms with Gasteiger partial charge in [-0.3, -0.25) is 9.69 Å². The molecule has 0 aromatic heterocycles. The van der Waals surface area contributed by atoms with Gasteiger partial charge in [-0.05, 0) is 56.5 Å². The molecule has 0 amide bonds. The maximum absolute atomic E-state index is 11.5. The molecule has 1 atom stereocenters. The number of benzene rings is 1. The lowest BCUT2D eigenvalue weighted by molar-refractivity contribution is -0.144. The molecule has 116 valence electrons. The van der Waals surface area contributed by atoms with Crippen LogP contribution in [0.2, 0.25) is 5.02 Å². The Morgan fingerprint density at radius 2 is 2.00 bits per heavy atom. The smallest absolute Gasteiger partial charge is 0.320 e. The van der Waals surface area contributed by atoms with Gasteiger partial charge >= 0.3 is 5.97 Å². The lowest BCUT2D eigenvalue weighted by Gasteiger charge is -2.33. The number of piperidine rings is 1. The maximum Gasteiger partial charge on any atom is 0.320 e. The molecule has 1 aromatic rings. The fraction of sp³-hybridized carbons (Fsp3) is 0.562. The number of carbonyl (C=O) groups excluding carboxylic acids is 1. The monoisotopic (exact) mass is 311 g/mol. The van der Waals surface area contributed by atoms with Crippen LogP contribution in [-0.4, -0.2) is 42.2 Å². The van der Waals surface area contributed by atoms with E-state index < -0.39 is 6.10 Å². The summed E-state index contributed by atoms with van der Waals surface area (Å²) in [5.74, 6) is 0.0545. The van der Waals surface area contributed by atoms with Gasteiger partial charge in [0.1, 0.15) is 0 Å². The molecular weight excluding hydrogens is 290 g/mol. The summed E-state index contributed by atoms with van der Waals surface area (Å²) in [4.78, 5) is 13.5. The number of likely N-dealkylation sites (tertiary alicyclic amines) is 1. The van der Waals surface area contributed by atoms with Gasteiger partial charge in [-0.15, -0.1) is 0 Å². The average Bonchev–Trinajstić information content (AvgIpc) is 2.48. The van der Waals surface area contributed by atoms with E-state index in [1.54, 1.807) is 12.1 Å². The minimum absolute atomic E-state index is 0.172. The van der Waals surface area contributed by atoms with Crippen LogP contribution in [0.4, 0.5) is 0 Å². The Balaban J connectivity index is 1.83. The number of rotatable bonds is 5. The lowest BCUT2D eigenvalue weighted by atomic mass is 9.87. The Hall–Kier alpha value is -1.10. The number of esters is 1. The second kappa shape index (κ2) is 7.78. The molecule has 4 nitrogen and oxygen atoms in total. The summed E-state index contributed by atoms with van der Waals surface area (Å²) in [6, 6.07) is 7.35. The van der Waals surface area contributed by atoms with Gasteiger partial charge in [0, 0.05) is 5.02 Å². The van der Waals surface area contributed by atoms with Crippen molar-refractivity contribution in [3.63, 3.8) is 0 Å². The third kappa shape index (κ3) is 4.70. The van der Waals surface area contributed by atoms with Crippen LogP contribution in [0.3, 0.4) is 0 Å². The van der Waals surface area contributed by atoms with Crippen LogP contribution < -0.4 is 0 Å². The molecule has 0 radical (unpaired) electrons. The molecular formula is C16H22ClNO3. The van der Waals surface area contributed by atoms with Gasteiger partial charge in [0.15, 0.2) is 0 Å². The molecule has 0 spiro atoms. The van der Waals surface area contributed by atoms with Crippen LogP contribution in [0, 0.1) is 5.92 Å². The standard InChI is InChI=1S/C16H22ClNO3/c1-2-21-15(19)11-18-9-7-13(8-10-18)16(20)12-3-5-14(17)6-4-12/h3-6,13,16,20H,2,7-11H2,1H3. The zero-order valence-corrected chi connectivity index (χ0v) is 13.1. The third-order valence-corrected chi connectivity index (χ3v) is 4.20. The Bertz CT molecular complexity index is 455. The van der Waals surface area contributed by atoms with E-state index in [0.29, 0.717) is 18.2 Å². The topological polar surface area (TPSA) is 49.8 Å². The summed E-state index contributed by atoms with van der Waals surface area (Å²) in [5, 5.41) is 11.1. The Morgan fingerprint density at radius 3 is 2.57 bits per heavy atom. The molecule has 5 heteroatoms. The minimum Gasteiger partial charge on any atom is -0.465 e. The van der Waals surface area contributed by atoms with Crippen LogP contribution in [0.5, 0.6) is 0 Å². The molecule has 0 bridgehead atoms. The molecule has 1 fully saturated rings. The first-order valence-corrected chi connectivity index (χ1v) is 7.79. The van der Waals surface area contributed by atoms with E-state index in [4.69, 9.17) is 16.3 Å². The summed E-state index contributed by atoms with van der Waals surface area (Å²) in [5.41, 5.74) is 0.906. The highest BCUT2D eigenvalue weighted by molar-refractivity contribution is 6.30. The van der Waals surface area contributed by atoms with E-state index in [0.717, 1.165) is 31.5 Å². The van der Waals surface area contributed by atoms with Crippen molar-refractivity contribution in [1.29, 1.82) is 0 Å². The lowest BCUT2D eigenvalue weighted by Crippen LogP contribution is -2.39. The Kier molecular flexibility index (Phi) is 6.03. The van der Waals surface area contributed by atoms with Crippen molar-refractivity contribution in [1.82, 2.24) is 4.90 Å². The molecule has 1 aliphatic rings. The molecule has 1 N–H and O–H groups in total. The maximum atomic E-state index is 11.5. The van der Waals surface area contributed by atoms with Crippen LogP contribution in [-0.2, 0) is 9.53 Å². The zero-order valence-electron chi connectivity index (χ0n) is 12.3. The van der Waals surface area contributed by atoms with E-state index in [-0.39, 0.29) is 11.9 Å². The van der Waals surface area contributed by atoms with Gasteiger partial charge in [0.05, 0.1) is 19.3 Å². The van der Waals surface area contributed by atoms with Gasteiger partial charge in [-0.1, -0.05) is 23.7 Å². The highest BCUT2D eigenvalue weighted by Crippen LogP contribution is 2.31. The van der Waals surface area contributed by atoms with E-state index in [2.05, 4.69) is 4.90 Å². The molecule has 1 aromatic carbocycles. The van der Waals surface area contributed by atoms with E-state index in [1.807, 2.05) is 19.1 Å². The fourth-order valence-corrected chi connectivity index (χ4v) is 2.87. The van der Waals surface area contributed by atoms with E-state index in [9.17, 15) is 9.90 Å². The highest BCUT2D eigenvalue weighted by atomic mass is 35.5. The Labute approximate surface area is 130 Å². The summed E-state index contributed by atoms with van der Waals surface area (Å²) in [6.45, 7) is 4.21. The first-order chi connectivity index (χ1) is 10.1. The quantitative estimate of drug-likeness (QED) is 0.849. The molecule has 2 rings (SSSR count). The van der Waals surface area contributed by atoms with Gasteiger partial charge < -0.3 is 9.84 Å². The van der Waals surface area contributed by atoms with Gasteiger partial charge in [-0.2, -0.15) is 0 Å². The molecule has 1 aliphatic heterocycles. The number of nitrogens with zero attached hydrogens (tertiary/aromatic N) is 1. The summed E-state index contributed by atoms with van der Waals surface area (Å²) in [6.07, 6.45) is 1.29. The summed E-state index contributed by atoms with van der Waals surface area (Å²) in [7, 11) is 0. The van der Waals surface area contributed by atoms with Gasteiger partial charge in [0.25, 0.3) is 0 Å². The summed E-state index contributed by atoms with van der Waals surface area (Å²) < 4.78 is 4.96. The van der Waals surface area contributed by atoms with Crippen molar-refractivity contribution in [3.05, 3.63) is 34.9 Å². The van der Waals surface area contributed by atoms with Crippen molar-refractivity contribution in [2.24, 2.45) is 5.92 Å². The molecule has 1 heterocycles. The second-order valence-corrected chi connectivity index (χ2v) is 5.85. The SMILES string of the molecule is CCOC(=O)CN1CCC(C(O)c2ccc(Cl)cc2)CC1. The van der Waals surface area contributed by atoms with Gasteiger partial charge in [-0.25, -0.2) is 0 Å². The minimum atomic E-state index is -0.466. The molecule has 1 unspecified atom stereocenters. The number of hydrogen-bond acceptors (Lipinski definition) is 4. The zero-order chi connectivity index (χ0) is 15.2. The van der Waals surface area contributed by atoms with Crippen molar-refractivity contribution in [2.75, 3.05) is 26.2 Å². The fourth-order valence-electron chi connectivity index (χ4n) is 2.75. The number of hydrogen-bond donors (Lipinski definition) is 1. The predicted octanol–water partition coefficient (Wildman–Crippen LogP) is 2.65. The number of aliphatic hydroxyl groups is 1. The van der Waals surface area contributed by atoms with Crippen LogP contribution in [0.1, 0.15) is 31.4 Å². The average molecular weight is 312 g/mol. The van der Waals surface area contributed by atoms with E-state index >= 15 is 0 Å². The van der Waals surface area contributed by atoms with Crippen molar-refractivity contribution >= 4 is 17.6 Å². The largest absolute Gasteiger partial charge is 0.465 e. The number of ether oxygens (including phenoxy) is 1. The van der Waals surface area contributed by atoms with Crippen LogP contribution >= 0.6 is 11.6 Å². The predicted molar refractivity (Wildman–Crippen MR) is 82.2 cm³/mol. The van der Waals surface area contributed by atoms with Crippen molar-refractivity contribution < 1.29 is 14.6 Å². The van der Waals surface area contributed by atoms with E-state index in [1.165, 1.54) is 0 Å². The van der Waals surface area contributed by atoms with Crippen LogP contribution in [0.25, 0.3) is 0 Å². The molecule has 21 heavy (non-hydrogen) atoms. The van der Waals surface area contributed by atoms with Crippen LogP contribution in [0.15, 0.2) is 24.3 Å². The first-order valence-electron chi connectivity index (χ1n) is 7.41. The molecule has 1 saturated heterocycles. The third-order valence-electron chi connectivity index (χ3n) is 3.95. The molecule has 0 saturated carbocycles. The summed E-state index contributed by atoms with van der Waals surface area (Å²) >= 11 is 5.86. The van der Waals surface area contributed by atoms with Crippen molar-refractivity contribution in [3.8, 4) is 0 Å².